The molecular formula is C9H7O8P. The van der Waals surface area contributed by atoms with E-state index in [4.69, 9.17) is 25.1 Å². The number of carboxylic acid groups (broad SMARTS) is 3. The van der Waals surface area contributed by atoms with Gasteiger partial charge in [0.2, 0.25) is 8.38 Å². The van der Waals surface area contributed by atoms with Crippen LogP contribution in [0.2, 0.25) is 0 Å². The van der Waals surface area contributed by atoms with Gasteiger partial charge in [0.25, 0.3) is 0 Å². The van der Waals surface area contributed by atoms with Gasteiger partial charge in [-0.15, -0.1) is 0 Å². The second-order valence-electron chi connectivity index (χ2n) is 3.12. The Morgan fingerprint density at radius 3 is 1.78 bits per heavy atom. The molecule has 0 unspecified atom stereocenters. The van der Waals surface area contributed by atoms with Crippen LogP contribution in [0.5, 0.6) is 0 Å². The maximum atomic E-state index is 10.9. The molecule has 96 valence electrons. The highest BCUT2D eigenvalue weighted by Gasteiger charge is 2.26. The molecule has 0 aliphatic carbocycles. The van der Waals surface area contributed by atoms with Gasteiger partial charge in [0.15, 0.2) is 0 Å². The Bertz CT molecular complexity index is 536. The Labute approximate surface area is 101 Å². The van der Waals surface area contributed by atoms with Crippen molar-refractivity contribution in [1.29, 1.82) is 0 Å². The number of aromatic carboxylic acids is 3. The van der Waals surface area contributed by atoms with Crippen molar-refractivity contribution in [1.82, 2.24) is 0 Å². The maximum Gasteiger partial charge on any atom is 0.337 e. The lowest BCUT2D eigenvalue weighted by molar-refractivity contribution is 0.0650. The number of carbonyl (C=O) groups is 3. The van der Waals surface area contributed by atoms with E-state index >= 15 is 0 Å². The third-order valence-corrected chi connectivity index (χ3v) is 2.81. The number of hydrogen-bond acceptors (Lipinski definition) is 5. The van der Waals surface area contributed by atoms with Crippen LogP contribution >= 0.6 is 8.38 Å². The first-order valence-electron chi connectivity index (χ1n) is 4.31. The van der Waals surface area contributed by atoms with E-state index in [2.05, 4.69) is 0 Å². The molecule has 1 aromatic carbocycles. The second-order valence-corrected chi connectivity index (χ2v) is 4.18. The van der Waals surface area contributed by atoms with Crippen LogP contribution in [0.3, 0.4) is 0 Å². The minimum absolute atomic E-state index is 0.539. The van der Waals surface area contributed by atoms with Gasteiger partial charge in [0.05, 0.1) is 16.7 Å². The van der Waals surface area contributed by atoms with E-state index in [1.807, 2.05) is 0 Å². The van der Waals surface area contributed by atoms with Crippen molar-refractivity contribution in [3.63, 3.8) is 0 Å². The molecule has 8 nitrogen and oxygen atoms in total. The molecule has 1 rings (SSSR count). The number of hydrogen-bond donors (Lipinski definition) is 5. The highest BCUT2D eigenvalue weighted by atomic mass is 31.2. The fourth-order valence-corrected chi connectivity index (χ4v) is 1.97. The van der Waals surface area contributed by atoms with Crippen molar-refractivity contribution in [2.75, 3.05) is 0 Å². The lowest BCUT2D eigenvalue weighted by Crippen LogP contribution is -2.21. The third-order valence-electron chi connectivity index (χ3n) is 2.02. The lowest BCUT2D eigenvalue weighted by atomic mass is 10.0. The fraction of sp³-hybridized carbons (Fsp3) is 0. The van der Waals surface area contributed by atoms with E-state index in [1.165, 1.54) is 0 Å². The molecule has 0 fully saturated rings. The van der Waals surface area contributed by atoms with Crippen LogP contribution in [0.4, 0.5) is 0 Å². The number of benzene rings is 1. The summed E-state index contributed by atoms with van der Waals surface area (Å²) in [4.78, 5) is 50.6. The zero-order valence-electron chi connectivity index (χ0n) is 8.56. The summed E-state index contributed by atoms with van der Waals surface area (Å²) in [6.45, 7) is 0. The zero-order chi connectivity index (χ0) is 14.0. The summed E-state index contributed by atoms with van der Waals surface area (Å²) >= 11 is 0. The van der Waals surface area contributed by atoms with Crippen molar-refractivity contribution in [2.45, 2.75) is 0 Å². The molecule has 5 N–H and O–H groups in total. The second kappa shape index (κ2) is 5.09. The molecule has 0 amide bonds. The Hall–Kier alpha value is -2.02. The van der Waals surface area contributed by atoms with Crippen molar-refractivity contribution in [3.8, 4) is 0 Å². The van der Waals surface area contributed by atoms with E-state index in [0.29, 0.717) is 6.07 Å². The van der Waals surface area contributed by atoms with Gasteiger partial charge in [-0.2, -0.15) is 0 Å². The SMILES string of the molecule is O=C(O)c1cc(C(=O)O)c(C(=O)O)c(P(O)O)c1. The molecule has 1 aromatic rings. The largest absolute Gasteiger partial charge is 0.478 e. The van der Waals surface area contributed by atoms with Crippen LogP contribution in [0.15, 0.2) is 12.1 Å². The van der Waals surface area contributed by atoms with Crippen LogP contribution < -0.4 is 5.30 Å². The van der Waals surface area contributed by atoms with Gasteiger partial charge >= 0.3 is 17.9 Å². The highest BCUT2D eigenvalue weighted by Crippen LogP contribution is 2.27. The van der Waals surface area contributed by atoms with Crippen LogP contribution in [0, 0.1) is 0 Å². The predicted molar refractivity (Wildman–Crippen MR) is 58.3 cm³/mol. The molecule has 0 aromatic heterocycles. The summed E-state index contributed by atoms with van der Waals surface area (Å²) in [5, 5.41) is 25.8. The Morgan fingerprint density at radius 1 is 0.889 bits per heavy atom. The minimum atomic E-state index is -2.94. The van der Waals surface area contributed by atoms with Crippen LogP contribution in [-0.2, 0) is 0 Å². The summed E-state index contributed by atoms with van der Waals surface area (Å²) in [5.74, 6) is -4.86. The van der Waals surface area contributed by atoms with Gasteiger partial charge in [-0.3, -0.25) is 0 Å². The van der Waals surface area contributed by atoms with E-state index in [0.717, 1.165) is 6.07 Å². The van der Waals surface area contributed by atoms with E-state index in [1.54, 1.807) is 0 Å². The van der Waals surface area contributed by atoms with Gasteiger partial charge in [-0.1, -0.05) is 0 Å². The van der Waals surface area contributed by atoms with Crippen LogP contribution in [0.1, 0.15) is 31.1 Å². The van der Waals surface area contributed by atoms with Crippen LogP contribution in [0.25, 0.3) is 0 Å². The lowest BCUT2D eigenvalue weighted by Gasteiger charge is -2.11. The molecule has 0 aliphatic rings. The van der Waals surface area contributed by atoms with Crippen molar-refractivity contribution in [2.24, 2.45) is 0 Å². The first-order chi connectivity index (χ1) is 8.25. The fourth-order valence-electron chi connectivity index (χ4n) is 1.30. The van der Waals surface area contributed by atoms with E-state index in [9.17, 15) is 14.4 Å². The average molecular weight is 274 g/mol. The average Bonchev–Trinajstić information content (AvgIpc) is 2.26. The first-order valence-corrected chi connectivity index (χ1v) is 5.56. The molecule has 18 heavy (non-hydrogen) atoms. The molecule has 0 saturated carbocycles. The van der Waals surface area contributed by atoms with Gasteiger partial charge in [-0.05, 0) is 12.1 Å². The van der Waals surface area contributed by atoms with E-state index < -0.39 is 48.3 Å². The monoisotopic (exact) mass is 274 g/mol. The Morgan fingerprint density at radius 2 is 1.44 bits per heavy atom. The van der Waals surface area contributed by atoms with E-state index in [-0.39, 0.29) is 0 Å². The standard InChI is InChI=1S/C9H7O8P/c10-7(11)3-1-4(8(12)13)6(9(14)15)5(2-3)18(16)17/h1-2,16-17H,(H,10,11)(H,12,13)(H,14,15). The third kappa shape index (κ3) is 2.62. The first kappa shape index (κ1) is 14.0. The molecule has 9 heteroatoms. The molecule has 0 spiro atoms. The molecule has 0 bridgehead atoms. The summed E-state index contributed by atoms with van der Waals surface area (Å²) < 4.78 is 0. The zero-order valence-corrected chi connectivity index (χ0v) is 9.46. The summed E-state index contributed by atoms with van der Waals surface area (Å²) in [6, 6.07) is 1.38. The molecule has 0 heterocycles. The highest BCUT2D eigenvalue weighted by molar-refractivity contribution is 7.54. The Kier molecular flexibility index (Phi) is 3.97. The van der Waals surface area contributed by atoms with Crippen molar-refractivity contribution < 1.29 is 39.5 Å². The topological polar surface area (TPSA) is 152 Å². The minimum Gasteiger partial charge on any atom is -0.478 e. The van der Waals surface area contributed by atoms with Gasteiger partial charge < -0.3 is 25.1 Å². The normalized spacial score (nSPS) is 10.4. The maximum absolute atomic E-state index is 10.9. The van der Waals surface area contributed by atoms with Gasteiger partial charge in [0, 0.05) is 5.30 Å². The smallest absolute Gasteiger partial charge is 0.337 e. The van der Waals surface area contributed by atoms with Crippen molar-refractivity contribution >= 4 is 31.6 Å². The summed E-state index contributed by atoms with van der Waals surface area (Å²) in [6.07, 6.45) is 0. The Balaban J connectivity index is 3.71. The van der Waals surface area contributed by atoms with Gasteiger partial charge in [0.1, 0.15) is 0 Å². The molecule has 0 atom stereocenters. The van der Waals surface area contributed by atoms with Crippen LogP contribution in [-0.4, -0.2) is 43.0 Å². The molecular weight excluding hydrogens is 267 g/mol. The summed E-state index contributed by atoms with van der Waals surface area (Å²) in [5.41, 5.74) is -2.18. The predicted octanol–water partition coefficient (Wildman–Crippen LogP) is -0.297. The molecule has 0 saturated heterocycles. The molecule has 0 radical (unpaired) electrons. The van der Waals surface area contributed by atoms with Gasteiger partial charge in [-0.25, -0.2) is 14.4 Å². The number of rotatable bonds is 4. The quantitative estimate of drug-likeness (QED) is 0.469. The van der Waals surface area contributed by atoms with Crippen molar-refractivity contribution in [3.05, 3.63) is 28.8 Å². The number of carboxylic acids is 3. The molecule has 0 aliphatic heterocycles. The summed E-state index contributed by atoms with van der Waals surface area (Å²) in [7, 11) is -2.94.